The number of benzene rings is 1. The summed E-state index contributed by atoms with van der Waals surface area (Å²) in [6.45, 7) is 2.39. The Morgan fingerprint density at radius 3 is 2.73 bits per heavy atom. The van der Waals surface area contributed by atoms with E-state index in [9.17, 15) is 0 Å². The fourth-order valence-electron chi connectivity index (χ4n) is 2.93. The van der Waals surface area contributed by atoms with Crippen molar-refractivity contribution in [3.63, 3.8) is 0 Å². The first-order valence-corrected chi connectivity index (χ1v) is 9.46. The Bertz CT molecular complexity index is 759. The standard InChI is InChI=1S/C19H23BrN4O2/c1-25-17-7-6-16(20)11-15(17)13-26-23-19(21)14-5-8-18(22-12-14)24-9-3-2-4-10-24/h5-8,11-12H,2-4,9-10,13H2,1H3,(H2,21,23). The number of hydrogen-bond donors (Lipinski definition) is 1. The minimum atomic E-state index is 0.266. The second kappa shape index (κ2) is 8.89. The molecule has 3 rings (SSSR count). The fourth-order valence-corrected chi connectivity index (χ4v) is 3.34. The Balaban J connectivity index is 1.61. The number of halogens is 1. The Hall–Kier alpha value is -2.28. The van der Waals surface area contributed by atoms with Gasteiger partial charge in [0.1, 0.15) is 18.2 Å². The van der Waals surface area contributed by atoms with Crippen molar-refractivity contribution >= 4 is 27.6 Å². The Morgan fingerprint density at radius 1 is 1.23 bits per heavy atom. The largest absolute Gasteiger partial charge is 0.496 e. The average molecular weight is 419 g/mol. The number of nitrogens with zero attached hydrogens (tertiary/aromatic N) is 3. The van der Waals surface area contributed by atoms with Crippen LogP contribution < -0.4 is 15.4 Å². The molecule has 1 aliphatic rings. The number of pyridine rings is 1. The lowest BCUT2D eigenvalue weighted by Crippen LogP contribution is -2.30. The summed E-state index contributed by atoms with van der Waals surface area (Å²) < 4.78 is 6.27. The van der Waals surface area contributed by atoms with Gasteiger partial charge in [-0.1, -0.05) is 21.1 Å². The topological polar surface area (TPSA) is 73.0 Å². The number of oxime groups is 1. The maximum atomic E-state index is 6.02. The van der Waals surface area contributed by atoms with Crippen molar-refractivity contribution in [2.75, 3.05) is 25.1 Å². The lowest BCUT2D eigenvalue weighted by Gasteiger charge is -2.27. The summed E-state index contributed by atoms with van der Waals surface area (Å²) in [5.74, 6) is 2.03. The molecule has 0 spiro atoms. The van der Waals surface area contributed by atoms with E-state index >= 15 is 0 Å². The van der Waals surface area contributed by atoms with Gasteiger partial charge in [-0.15, -0.1) is 0 Å². The van der Waals surface area contributed by atoms with Crippen LogP contribution in [0.1, 0.15) is 30.4 Å². The van der Waals surface area contributed by atoms with Gasteiger partial charge in [0.2, 0.25) is 0 Å². The molecule has 26 heavy (non-hydrogen) atoms. The monoisotopic (exact) mass is 418 g/mol. The Morgan fingerprint density at radius 2 is 2.04 bits per heavy atom. The molecular formula is C19H23BrN4O2. The minimum absolute atomic E-state index is 0.266. The van der Waals surface area contributed by atoms with Gasteiger partial charge in [-0.2, -0.15) is 0 Å². The molecule has 0 radical (unpaired) electrons. The third-order valence-electron chi connectivity index (χ3n) is 4.35. The molecule has 1 fully saturated rings. The molecule has 1 saturated heterocycles. The Labute approximate surface area is 162 Å². The first-order chi connectivity index (χ1) is 12.7. The van der Waals surface area contributed by atoms with E-state index in [-0.39, 0.29) is 6.61 Å². The van der Waals surface area contributed by atoms with Crippen molar-refractivity contribution in [3.05, 3.63) is 52.1 Å². The molecule has 2 aromatic rings. The van der Waals surface area contributed by atoms with Gasteiger partial charge in [-0.25, -0.2) is 4.98 Å². The van der Waals surface area contributed by atoms with Crippen molar-refractivity contribution < 1.29 is 9.57 Å². The quantitative estimate of drug-likeness (QED) is 0.439. The maximum absolute atomic E-state index is 6.02. The van der Waals surface area contributed by atoms with E-state index < -0.39 is 0 Å². The summed E-state index contributed by atoms with van der Waals surface area (Å²) in [6, 6.07) is 9.63. The van der Waals surface area contributed by atoms with Gasteiger partial charge in [-0.3, -0.25) is 0 Å². The van der Waals surface area contributed by atoms with Crippen LogP contribution in [0.3, 0.4) is 0 Å². The van der Waals surface area contributed by atoms with Crippen LogP contribution >= 0.6 is 15.9 Å². The summed E-state index contributed by atoms with van der Waals surface area (Å²) in [4.78, 5) is 12.2. The van der Waals surface area contributed by atoms with E-state index in [1.54, 1.807) is 13.3 Å². The Kier molecular flexibility index (Phi) is 6.33. The molecule has 1 aliphatic heterocycles. The zero-order valence-corrected chi connectivity index (χ0v) is 16.4. The van der Waals surface area contributed by atoms with Crippen molar-refractivity contribution in [1.82, 2.24) is 4.98 Å². The van der Waals surface area contributed by atoms with Crippen LogP contribution in [0, 0.1) is 0 Å². The van der Waals surface area contributed by atoms with Gasteiger partial charge >= 0.3 is 0 Å². The molecule has 0 bridgehead atoms. The number of rotatable bonds is 6. The molecule has 0 unspecified atom stereocenters. The summed E-state index contributed by atoms with van der Waals surface area (Å²) >= 11 is 3.44. The van der Waals surface area contributed by atoms with Crippen LogP contribution in [0.4, 0.5) is 5.82 Å². The lowest BCUT2D eigenvalue weighted by atomic mass is 10.1. The fraction of sp³-hybridized carbons (Fsp3) is 0.368. The summed E-state index contributed by atoms with van der Waals surface area (Å²) in [7, 11) is 1.62. The summed E-state index contributed by atoms with van der Waals surface area (Å²) in [6.07, 6.45) is 5.49. The molecule has 0 atom stereocenters. The van der Waals surface area contributed by atoms with Crippen molar-refractivity contribution in [2.24, 2.45) is 10.9 Å². The smallest absolute Gasteiger partial charge is 0.171 e. The first kappa shape index (κ1) is 18.5. The average Bonchev–Trinajstić information content (AvgIpc) is 2.69. The van der Waals surface area contributed by atoms with E-state index in [4.69, 9.17) is 15.3 Å². The second-order valence-electron chi connectivity index (χ2n) is 6.16. The normalized spacial score (nSPS) is 15.0. The van der Waals surface area contributed by atoms with Crippen molar-refractivity contribution in [3.8, 4) is 5.75 Å². The number of amidine groups is 1. The van der Waals surface area contributed by atoms with Crippen molar-refractivity contribution in [2.45, 2.75) is 25.9 Å². The second-order valence-corrected chi connectivity index (χ2v) is 7.07. The van der Waals surface area contributed by atoms with E-state index in [0.717, 1.165) is 40.3 Å². The molecule has 1 aromatic heterocycles. The van der Waals surface area contributed by atoms with Crippen molar-refractivity contribution in [1.29, 1.82) is 0 Å². The zero-order valence-electron chi connectivity index (χ0n) is 14.8. The number of nitrogens with two attached hydrogens (primary N) is 1. The predicted molar refractivity (Wildman–Crippen MR) is 107 cm³/mol. The molecule has 7 heteroatoms. The molecule has 2 N–H and O–H groups in total. The summed E-state index contributed by atoms with van der Waals surface area (Å²) in [5.41, 5.74) is 7.65. The zero-order chi connectivity index (χ0) is 18.4. The highest BCUT2D eigenvalue weighted by atomic mass is 79.9. The van der Waals surface area contributed by atoms with Crippen LogP contribution in [0.5, 0.6) is 5.75 Å². The third-order valence-corrected chi connectivity index (χ3v) is 4.84. The molecule has 0 amide bonds. The third kappa shape index (κ3) is 4.66. The van der Waals surface area contributed by atoms with Crippen LogP contribution in [0.2, 0.25) is 0 Å². The van der Waals surface area contributed by atoms with Gasteiger partial charge < -0.3 is 20.2 Å². The molecular weight excluding hydrogens is 396 g/mol. The highest BCUT2D eigenvalue weighted by molar-refractivity contribution is 9.10. The van der Waals surface area contributed by atoms with Gasteiger partial charge in [0.05, 0.1) is 7.11 Å². The number of ether oxygens (including phenoxy) is 1. The van der Waals surface area contributed by atoms with Gasteiger partial charge in [0, 0.05) is 34.9 Å². The van der Waals surface area contributed by atoms with E-state index in [1.165, 1.54) is 19.3 Å². The summed E-state index contributed by atoms with van der Waals surface area (Å²) in [5, 5.41) is 4.01. The van der Waals surface area contributed by atoms with Gasteiger partial charge in [-0.05, 0) is 49.6 Å². The van der Waals surface area contributed by atoms with E-state index in [2.05, 4.69) is 31.0 Å². The SMILES string of the molecule is COc1ccc(Br)cc1CO/N=C(/N)c1ccc(N2CCCCC2)nc1. The number of methoxy groups -OCH3 is 1. The van der Waals surface area contributed by atoms with E-state index in [0.29, 0.717) is 5.84 Å². The number of hydrogen-bond acceptors (Lipinski definition) is 5. The van der Waals surface area contributed by atoms with Crippen LogP contribution in [0.25, 0.3) is 0 Å². The molecule has 1 aromatic carbocycles. The predicted octanol–water partition coefficient (Wildman–Crippen LogP) is 3.68. The van der Waals surface area contributed by atoms with Gasteiger partial charge in [0.25, 0.3) is 0 Å². The number of aromatic nitrogens is 1. The van der Waals surface area contributed by atoms with Gasteiger partial charge in [0.15, 0.2) is 5.84 Å². The van der Waals surface area contributed by atoms with Crippen LogP contribution in [0.15, 0.2) is 46.2 Å². The first-order valence-electron chi connectivity index (χ1n) is 8.66. The lowest BCUT2D eigenvalue weighted by molar-refractivity contribution is 0.128. The van der Waals surface area contributed by atoms with Crippen LogP contribution in [-0.2, 0) is 11.4 Å². The molecule has 0 saturated carbocycles. The highest BCUT2D eigenvalue weighted by Gasteiger charge is 2.12. The molecule has 6 nitrogen and oxygen atoms in total. The van der Waals surface area contributed by atoms with E-state index in [1.807, 2.05) is 30.3 Å². The molecule has 0 aliphatic carbocycles. The molecule has 138 valence electrons. The van der Waals surface area contributed by atoms with Crippen LogP contribution in [-0.4, -0.2) is 31.0 Å². The highest BCUT2D eigenvalue weighted by Crippen LogP contribution is 2.23. The minimum Gasteiger partial charge on any atom is -0.496 e. The maximum Gasteiger partial charge on any atom is 0.171 e. The number of piperidine rings is 1. The number of anilines is 1. The molecule has 2 heterocycles.